The molecule has 0 fully saturated rings. The maximum Gasteiger partial charge on any atom is 0.307 e. The van der Waals surface area contributed by atoms with E-state index in [9.17, 15) is 4.79 Å². The van der Waals surface area contributed by atoms with Gasteiger partial charge in [0, 0.05) is 12.0 Å². The minimum absolute atomic E-state index is 0.109. The Kier molecular flexibility index (Phi) is 5.31. The topological polar surface area (TPSA) is 26.3 Å². The van der Waals surface area contributed by atoms with E-state index in [1.165, 1.54) is 0 Å². The van der Waals surface area contributed by atoms with Crippen molar-refractivity contribution in [1.82, 2.24) is 0 Å². The fraction of sp³-hybridized carbons (Fsp3) is 0.214. The van der Waals surface area contributed by atoms with Gasteiger partial charge < -0.3 is 4.74 Å². The molecule has 2 nitrogen and oxygen atoms in total. The summed E-state index contributed by atoms with van der Waals surface area (Å²) in [4.78, 5) is 11.0. The minimum atomic E-state index is -0.305. The zero-order valence-electron chi connectivity index (χ0n) is 8.90. The molecule has 0 saturated carbocycles. The summed E-state index contributed by atoms with van der Waals surface area (Å²) in [5.74, 6) is 7.73. The lowest BCUT2D eigenvalue weighted by Gasteiger charge is -1.96. The van der Waals surface area contributed by atoms with Gasteiger partial charge in [-0.25, -0.2) is 0 Å². The van der Waals surface area contributed by atoms with Crippen molar-refractivity contribution in [2.75, 3.05) is 6.61 Å². The van der Waals surface area contributed by atoms with Crippen molar-refractivity contribution in [2.24, 2.45) is 0 Å². The highest BCUT2D eigenvalue weighted by molar-refractivity contribution is 5.69. The molecule has 0 saturated heterocycles. The summed E-state index contributed by atoms with van der Waals surface area (Å²) in [6, 6.07) is 9.53. The second-order valence-electron chi connectivity index (χ2n) is 3.03. The van der Waals surface area contributed by atoms with Gasteiger partial charge in [-0.2, -0.15) is 0 Å². The summed E-state index contributed by atoms with van der Waals surface area (Å²) >= 11 is 0. The smallest absolute Gasteiger partial charge is 0.307 e. The Bertz CT molecular complexity index is 429. The molecule has 0 radical (unpaired) electrons. The normalized spacial score (nSPS) is 8.44. The summed E-state index contributed by atoms with van der Waals surface area (Å²) in [6.45, 7) is 0.109. The Hall–Kier alpha value is -2.19. The first-order valence-electron chi connectivity index (χ1n) is 4.96. The molecule has 1 aromatic carbocycles. The highest BCUT2D eigenvalue weighted by Gasteiger charge is 1.98. The van der Waals surface area contributed by atoms with E-state index in [0.29, 0.717) is 6.42 Å². The monoisotopic (exact) mass is 212 g/mol. The molecule has 0 bridgehead atoms. The van der Waals surface area contributed by atoms with Gasteiger partial charge in [-0.1, -0.05) is 30.0 Å². The van der Waals surface area contributed by atoms with Gasteiger partial charge in [0.2, 0.25) is 0 Å². The number of terminal acetylenes is 1. The summed E-state index contributed by atoms with van der Waals surface area (Å²) < 4.78 is 4.86. The highest BCUT2D eigenvalue weighted by Crippen LogP contribution is 1.95. The van der Waals surface area contributed by atoms with E-state index in [1.807, 2.05) is 30.3 Å². The molecule has 1 aromatic rings. The SMILES string of the molecule is C#CCCC(=O)OCC#Cc1ccccc1. The minimum Gasteiger partial charge on any atom is -0.452 e. The van der Waals surface area contributed by atoms with Crippen molar-refractivity contribution in [2.45, 2.75) is 12.8 Å². The number of carbonyl (C=O) groups is 1. The Morgan fingerprint density at radius 1 is 1.31 bits per heavy atom. The largest absolute Gasteiger partial charge is 0.452 e. The third-order valence-electron chi connectivity index (χ3n) is 1.79. The van der Waals surface area contributed by atoms with Crippen LogP contribution in [-0.4, -0.2) is 12.6 Å². The molecule has 80 valence electrons. The first kappa shape index (κ1) is 11.9. The Balaban J connectivity index is 2.29. The lowest BCUT2D eigenvalue weighted by Crippen LogP contribution is -2.03. The van der Waals surface area contributed by atoms with Gasteiger partial charge in [-0.3, -0.25) is 4.79 Å². The number of carbonyl (C=O) groups excluding carboxylic acids is 1. The number of esters is 1. The molecule has 0 aliphatic carbocycles. The molecule has 2 heteroatoms. The molecule has 0 unspecified atom stereocenters. The third-order valence-corrected chi connectivity index (χ3v) is 1.79. The molecule has 0 N–H and O–H groups in total. The van der Waals surface area contributed by atoms with Crippen LogP contribution in [0.3, 0.4) is 0 Å². The zero-order chi connectivity index (χ0) is 11.6. The number of hydrogen-bond donors (Lipinski definition) is 0. The average Bonchev–Trinajstić information content (AvgIpc) is 2.33. The maximum atomic E-state index is 11.0. The van der Waals surface area contributed by atoms with Crippen LogP contribution in [0, 0.1) is 24.2 Å². The van der Waals surface area contributed by atoms with Gasteiger partial charge in [0.25, 0.3) is 0 Å². The summed E-state index contributed by atoms with van der Waals surface area (Å²) in [6.07, 6.45) is 5.68. The number of ether oxygens (including phenoxy) is 1. The van der Waals surface area contributed by atoms with Crippen molar-refractivity contribution in [1.29, 1.82) is 0 Å². The van der Waals surface area contributed by atoms with E-state index in [4.69, 9.17) is 11.2 Å². The van der Waals surface area contributed by atoms with Crippen LogP contribution in [0.25, 0.3) is 0 Å². The van der Waals surface area contributed by atoms with Crippen molar-refractivity contribution < 1.29 is 9.53 Å². The maximum absolute atomic E-state index is 11.0. The fourth-order valence-corrected chi connectivity index (χ4v) is 1.02. The van der Waals surface area contributed by atoms with Crippen LogP contribution in [0.5, 0.6) is 0 Å². The summed E-state index contributed by atoms with van der Waals surface area (Å²) in [5.41, 5.74) is 0.905. The van der Waals surface area contributed by atoms with E-state index >= 15 is 0 Å². The molecule has 0 aromatic heterocycles. The van der Waals surface area contributed by atoms with Gasteiger partial charge >= 0.3 is 5.97 Å². The second kappa shape index (κ2) is 7.15. The van der Waals surface area contributed by atoms with Gasteiger partial charge in [0.15, 0.2) is 6.61 Å². The van der Waals surface area contributed by atoms with Crippen LogP contribution in [-0.2, 0) is 9.53 Å². The van der Waals surface area contributed by atoms with E-state index in [2.05, 4.69) is 17.8 Å². The molecule has 0 aliphatic heterocycles. The van der Waals surface area contributed by atoms with Crippen molar-refractivity contribution in [3.05, 3.63) is 35.9 Å². The van der Waals surface area contributed by atoms with Crippen LogP contribution in [0.2, 0.25) is 0 Å². The first-order valence-corrected chi connectivity index (χ1v) is 4.96. The van der Waals surface area contributed by atoms with E-state index in [-0.39, 0.29) is 19.0 Å². The first-order chi connectivity index (χ1) is 7.83. The quantitative estimate of drug-likeness (QED) is 0.566. The second-order valence-corrected chi connectivity index (χ2v) is 3.03. The predicted octanol–water partition coefficient (Wildman–Crippen LogP) is 1.99. The number of hydrogen-bond acceptors (Lipinski definition) is 2. The van der Waals surface area contributed by atoms with E-state index < -0.39 is 0 Å². The molecule has 0 spiro atoms. The standard InChI is InChI=1S/C14H12O2/c1-2-3-11-14(15)16-12-7-10-13-8-5-4-6-9-13/h1,4-6,8-9H,3,11-12H2. The van der Waals surface area contributed by atoms with Crippen molar-refractivity contribution in [3.63, 3.8) is 0 Å². The molecule has 0 atom stereocenters. The highest BCUT2D eigenvalue weighted by atomic mass is 16.5. The number of rotatable bonds is 3. The van der Waals surface area contributed by atoms with Crippen LogP contribution in [0.1, 0.15) is 18.4 Å². The van der Waals surface area contributed by atoms with Gasteiger partial charge in [-0.05, 0) is 12.1 Å². The lowest BCUT2D eigenvalue weighted by atomic mass is 10.2. The van der Waals surface area contributed by atoms with Crippen LogP contribution >= 0.6 is 0 Å². The Morgan fingerprint density at radius 3 is 2.75 bits per heavy atom. The predicted molar refractivity (Wildman–Crippen MR) is 62.3 cm³/mol. The Morgan fingerprint density at radius 2 is 2.06 bits per heavy atom. The molecule has 1 rings (SSSR count). The van der Waals surface area contributed by atoms with E-state index in [1.54, 1.807) is 0 Å². The molecule has 0 heterocycles. The van der Waals surface area contributed by atoms with Gasteiger partial charge in [0.05, 0.1) is 6.42 Å². The van der Waals surface area contributed by atoms with Crippen molar-refractivity contribution in [3.8, 4) is 24.2 Å². The van der Waals surface area contributed by atoms with Crippen molar-refractivity contribution >= 4 is 5.97 Å². The molecule has 0 aliphatic rings. The van der Waals surface area contributed by atoms with E-state index in [0.717, 1.165) is 5.56 Å². The fourth-order valence-electron chi connectivity index (χ4n) is 1.02. The number of benzene rings is 1. The third kappa shape index (κ3) is 4.88. The zero-order valence-corrected chi connectivity index (χ0v) is 8.90. The summed E-state index contributed by atoms with van der Waals surface area (Å²) in [5, 5.41) is 0. The van der Waals surface area contributed by atoms with Crippen LogP contribution in [0.15, 0.2) is 30.3 Å². The Labute approximate surface area is 95.6 Å². The molecular weight excluding hydrogens is 200 g/mol. The molecular formula is C14H12O2. The average molecular weight is 212 g/mol. The summed E-state index contributed by atoms with van der Waals surface area (Å²) in [7, 11) is 0. The molecule has 16 heavy (non-hydrogen) atoms. The van der Waals surface area contributed by atoms with Gasteiger partial charge in [0.1, 0.15) is 0 Å². The van der Waals surface area contributed by atoms with Crippen LogP contribution in [0.4, 0.5) is 0 Å². The lowest BCUT2D eigenvalue weighted by molar-refractivity contribution is -0.142. The van der Waals surface area contributed by atoms with Crippen LogP contribution < -0.4 is 0 Å². The van der Waals surface area contributed by atoms with Gasteiger partial charge in [-0.15, -0.1) is 12.3 Å². The molecule has 0 amide bonds.